The molecular weight excluding hydrogens is 406 g/mol. The molecule has 1 fully saturated rings. The number of methoxy groups -OCH3 is 1. The lowest BCUT2D eigenvalue weighted by Crippen LogP contribution is -2.48. The van der Waals surface area contributed by atoms with Crippen LogP contribution in [0.25, 0.3) is 10.2 Å². The average molecular weight is 428 g/mol. The van der Waals surface area contributed by atoms with E-state index >= 15 is 0 Å². The van der Waals surface area contributed by atoms with Crippen molar-refractivity contribution in [3.05, 3.63) is 53.6 Å². The number of rotatable bonds is 4. The lowest BCUT2D eigenvalue weighted by atomic mass is 10.1. The number of thiazole rings is 1. The van der Waals surface area contributed by atoms with Crippen LogP contribution in [0.5, 0.6) is 0 Å². The molecule has 1 aliphatic heterocycles. The summed E-state index contributed by atoms with van der Waals surface area (Å²) in [6.07, 6.45) is 2.07. The predicted octanol–water partition coefficient (Wildman–Crippen LogP) is 3.77. The van der Waals surface area contributed by atoms with Gasteiger partial charge in [-0.15, -0.1) is 11.8 Å². The van der Waals surface area contributed by atoms with Gasteiger partial charge in [0.2, 0.25) is 0 Å². The third-order valence-corrected chi connectivity index (χ3v) is 6.83. The van der Waals surface area contributed by atoms with Crippen LogP contribution in [0.3, 0.4) is 0 Å². The number of amides is 1. The van der Waals surface area contributed by atoms with Crippen LogP contribution in [0.1, 0.15) is 20.7 Å². The van der Waals surface area contributed by atoms with Crippen molar-refractivity contribution in [2.75, 3.05) is 44.4 Å². The fraction of sp³-hybridized carbons (Fsp3) is 0.286. The molecule has 0 unspecified atom stereocenters. The second-order valence-corrected chi connectivity index (χ2v) is 8.51. The topological polar surface area (TPSA) is 62.7 Å². The summed E-state index contributed by atoms with van der Waals surface area (Å²) < 4.78 is 5.89. The molecule has 4 rings (SSSR count). The van der Waals surface area contributed by atoms with Crippen molar-refractivity contribution in [2.24, 2.45) is 0 Å². The SMILES string of the molecule is COC(=O)c1ccc(C(=O)N2CCN(c3nc4c(SC)cccc4s3)CC2)cc1. The van der Waals surface area contributed by atoms with E-state index < -0.39 is 5.97 Å². The molecule has 150 valence electrons. The van der Waals surface area contributed by atoms with Gasteiger partial charge in [0.15, 0.2) is 5.13 Å². The van der Waals surface area contributed by atoms with E-state index in [1.165, 1.54) is 16.7 Å². The Labute approximate surface area is 177 Å². The van der Waals surface area contributed by atoms with Gasteiger partial charge in [0.1, 0.15) is 0 Å². The Balaban J connectivity index is 1.43. The Bertz CT molecular complexity index is 1040. The van der Waals surface area contributed by atoms with Gasteiger partial charge in [0, 0.05) is 36.6 Å². The number of anilines is 1. The summed E-state index contributed by atoms with van der Waals surface area (Å²) in [4.78, 5) is 34.5. The van der Waals surface area contributed by atoms with E-state index in [1.807, 2.05) is 4.90 Å². The van der Waals surface area contributed by atoms with Gasteiger partial charge in [0.05, 0.1) is 22.9 Å². The van der Waals surface area contributed by atoms with Gasteiger partial charge in [-0.1, -0.05) is 17.4 Å². The lowest BCUT2D eigenvalue weighted by molar-refractivity contribution is 0.0599. The number of aromatic nitrogens is 1. The first-order valence-corrected chi connectivity index (χ1v) is 11.3. The minimum Gasteiger partial charge on any atom is -0.465 e. The average Bonchev–Trinajstić information content (AvgIpc) is 3.23. The minimum atomic E-state index is -0.405. The molecule has 0 saturated carbocycles. The summed E-state index contributed by atoms with van der Waals surface area (Å²) in [5.41, 5.74) is 2.08. The second kappa shape index (κ2) is 8.42. The van der Waals surface area contributed by atoms with Gasteiger partial charge in [-0.3, -0.25) is 4.79 Å². The standard InChI is InChI=1S/C21H21N3O3S2/c1-27-20(26)15-8-6-14(7-9-15)19(25)23-10-12-24(13-11-23)21-22-18-16(28-2)4-3-5-17(18)29-21/h3-9H,10-13H2,1-2H3. The van der Waals surface area contributed by atoms with Crippen LogP contribution < -0.4 is 4.90 Å². The van der Waals surface area contributed by atoms with Gasteiger partial charge in [-0.05, 0) is 42.7 Å². The smallest absolute Gasteiger partial charge is 0.337 e. The Morgan fingerprint density at radius 1 is 1.03 bits per heavy atom. The summed E-state index contributed by atoms with van der Waals surface area (Å²) in [5, 5.41) is 1.01. The van der Waals surface area contributed by atoms with Gasteiger partial charge in [0.25, 0.3) is 5.91 Å². The van der Waals surface area contributed by atoms with Gasteiger partial charge in [-0.25, -0.2) is 9.78 Å². The number of esters is 1. The molecule has 0 aliphatic carbocycles. The van der Waals surface area contributed by atoms with Crippen LogP contribution in [-0.2, 0) is 4.74 Å². The van der Waals surface area contributed by atoms with E-state index in [4.69, 9.17) is 9.72 Å². The maximum Gasteiger partial charge on any atom is 0.337 e. The predicted molar refractivity (Wildman–Crippen MR) is 117 cm³/mol. The molecule has 1 aromatic heterocycles. The summed E-state index contributed by atoms with van der Waals surface area (Å²) >= 11 is 3.41. The molecule has 0 spiro atoms. The molecule has 2 aromatic carbocycles. The molecule has 1 amide bonds. The highest BCUT2D eigenvalue weighted by molar-refractivity contribution is 7.98. The Morgan fingerprint density at radius 3 is 2.38 bits per heavy atom. The van der Waals surface area contributed by atoms with E-state index in [2.05, 4.69) is 29.4 Å². The molecule has 0 N–H and O–H groups in total. The number of piperazine rings is 1. The summed E-state index contributed by atoms with van der Waals surface area (Å²) in [6.45, 7) is 2.78. The zero-order valence-corrected chi connectivity index (χ0v) is 17.9. The molecule has 6 nitrogen and oxygen atoms in total. The molecule has 2 heterocycles. The van der Waals surface area contributed by atoms with Crippen molar-refractivity contribution in [1.29, 1.82) is 0 Å². The van der Waals surface area contributed by atoms with Crippen LogP contribution in [0, 0.1) is 0 Å². The number of carbonyl (C=O) groups excluding carboxylic acids is 2. The van der Waals surface area contributed by atoms with Crippen molar-refractivity contribution in [2.45, 2.75) is 4.90 Å². The van der Waals surface area contributed by atoms with Crippen LogP contribution in [0.15, 0.2) is 47.4 Å². The van der Waals surface area contributed by atoms with E-state index in [0.717, 1.165) is 23.7 Å². The molecule has 3 aromatic rings. The highest BCUT2D eigenvalue weighted by Gasteiger charge is 2.24. The molecule has 0 bridgehead atoms. The van der Waals surface area contributed by atoms with Crippen molar-refractivity contribution in [3.63, 3.8) is 0 Å². The van der Waals surface area contributed by atoms with Crippen molar-refractivity contribution >= 4 is 50.3 Å². The molecular formula is C21H21N3O3S2. The zero-order chi connectivity index (χ0) is 20.4. The van der Waals surface area contributed by atoms with Crippen LogP contribution in [-0.4, -0.2) is 61.3 Å². The fourth-order valence-corrected chi connectivity index (χ4v) is 5.03. The molecule has 8 heteroatoms. The minimum absolute atomic E-state index is 0.0185. The molecule has 0 radical (unpaired) electrons. The molecule has 29 heavy (non-hydrogen) atoms. The zero-order valence-electron chi connectivity index (χ0n) is 16.3. The summed E-state index contributed by atoms with van der Waals surface area (Å²) in [6, 6.07) is 12.9. The quantitative estimate of drug-likeness (QED) is 0.467. The maximum atomic E-state index is 12.8. The normalized spacial score (nSPS) is 14.3. The molecule has 1 aliphatic rings. The number of carbonyl (C=O) groups is 2. The van der Waals surface area contributed by atoms with Crippen LogP contribution in [0.2, 0.25) is 0 Å². The first-order valence-electron chi connectivity index (χ1n) is 9.27. The third kappa shape index (κ3) is 3.95. The van der Waals surface area contributed by atoms with Crippen LogP contribution >= 0.6 is 23.1 Å². The maximum absolute atomic E-state index is 12.8. The Kier molecular flexibility index (Phi) is 5.73. The number of hydrogen-bond acceptors (Lipinski definition) is 7. The van der Waals surface area contributed by atoms with Gasteiger partial charge in [-0.2, -0.15) is 0 Å². The first kappa shape index (κ1) is 19.7. The number of para-hydroxylation sites is 1. The number of benzene rings is 2. The number of nitrogens with zero attached hydrogens (tertiary/aromatic N) is 3. The Morgan fingerprint density at radius 2 is 1.72 bits per heavy atom. The van der Waals surface area contributed by atoms with E-state index in [-0.39, 0.29) is 5.91 Å². The number of fused-ring (bicyclic) bond motifs is 1. The monoisotopic (exact) mass is 427 g/mol. The third-order valence-electron chi connectivity index (χ3n) is 4.98. The summed E-state index contributed by atoms with van der Waals surface area (Å²) in [7, 11) is 1.34. The molecule has 1 saturated heterocycles. The van der Waals surface area contributed by atoms with Gasteiger partial charge < -0.3 is 14.5 Å². The highest BCUT2D eigenvalue weighted by atomic mass is 32.2. The summed E-state index contributed by atoms with van der Waals surface area (Å²) in [5.74, 6) is -0.423. The first-order chi connectivity index (χ1) is 14.1. The van der Waals surface area contributed by atoms with Gasteiger partial charge >= 0.3 is 5.97 Å². The van der Waals surface area contributed by atoms with Crippen molar-refractivity contribution in [1.82, 2.24) is 9.88 Å². The fourth-order valence-electron chi connectivity index (χ4n) is 3.36. The largest absolute Gasteiger partial charge is 0.465 e. The highest BCUT2D eigenvalue weighted by Crippen LogP contribution is 2.34. The number of ether oxygens (including phenoxy) is 1. The van der Waals surface area contributed by atoms with Crippen molar-refractivity contribution < 1.29 is 14.3 Å². The van der Waals surface area contributed by atoms with Crippen LogP contribution in [0.4, 0.5) is 5.13 Å². The number of thioether (sulfide) groups is 1. The van der Waals surface area contributed by atoms with Crippen molar-refractivity contribution in [3.8, 4) is 0 Å². The second-order valence-electron chi connectivity index (χ2n) is 6.65. The lowest BCUT2D eigenvalue weighted by Gasteiger charge is -2.34. The van der Waals surface area contributed by atoms with E-state index in [0.29, 0.717) is 24.2 Å². The Hall–Kier alpha value is -2.58. The molecule has 0 atom stereocenters. The van der Waals surface area contributed by atoms with E-state index in [1.54, 1.807) is 47.4 Å². The number of hydrogen-bond donors (Lipinski definition) is 0. The van der Waals surface area contributed by atoms with E-state index in [9.17, 15) is 9.59 Å².